The van der Waals surface area contributed by atoms with E-state index in [9.17, 15) is 9.18 Å². The molecule has 0 saturated heterocycles. The number of carbonyl (C=O) groups excluding carboxylic acids is 1. The van der Waals surface area contributed by atoms with Crippen LogP contribution in [0.2, 0.25) is 5.02 Å². The van der Waals surface area contributed by atoms with Gasteiger partial charge in [0.05, 0.1) is 5.02 Å². The quantitative estimate of drug-likeness (QED) is 0.668. The Kier molecular flexibility index (Phi) is 3.20. The molecule has 1 rings (SSSR count). The number of benzene rings is 1. The molecule has 13 heavy (non-hydrogen) atoms. The molecular formula is C10H8ClFO. The molecular weight excluding hydrogens is 191 g/mol. The Morgan fingerprint density at radius 3 is 2.77 bits per heavy atom. The van der Waals surface area contributed by atoms with Gasteiger partial charge in [-0.15, -0.1) is 0 Å². The summed E-state index contributed by atoms with van der Waals surface area (Å²) in [5.41, 5.74) is 0.622. The minimum absolute atomic E-state index is 0.0737. The van der Waals surface area contributed by atoms with E-state index in [1.54, 1.807) is 12.1 Å². The molecule has 0 aliphatic carbocycles. The summed E-state index contributed by atoms with van der Waals surface area (Å²) >= 11 is 5.48. The highest BCUT2D eigenvalue weighted by molar-refractivity contribution is 6.30. The van der Waals surface area contributed by atoms with Gasteiger partial charge in [-0.2, -0.15) is 0 Å². The number of hydrogen-bond acceptors (Lipinski definition) is 1. The molecule has 0 saturated carbocycles. The molecule has 0 aliphatic rings. The van der Waals surface area contributed by atoms with Crippen molar-refractivity contribution in [3.63, 3.8) is 0 Å². The first kappa shape index (κ1) is 9.93. The summed E-state index contributed by atoms with van der Waals surface area (Å²) in [6.45, 7) is 1.43. The second-order valence-corrected chi connectivity index (χ2v) is 3.02. The molecule has 0 heterocycles. The van der Waals surface area contributed by atoms with Crippen molar-refractivity contribution >= 4 is 23.5 Å². The summed E-state index contributed by atoms with van der Waals surface area (Å²) in [7, 11) is 0. The van der Waals surface area contributed by atoms with Gasteiger partial charge in [-0.25, -0.2) is 4.39 Å². The molecule has 0 atom stereocenters. The minimum Gasteiger partial charge on any atom is -0.295 e. The van der Waals surface area contributed by atoms with Crippen molar-refractivity contribution in [3.05, 3.63) is 40.7 Å². The number of allylic oxidation sites excluding steroid dienone is 1. The maximum atomic E-state index is 12.9. The van der Waals surface area contributed by atoms with Gasteiger partial charge in [-0.1, -0.05) is 23.7 Å². The van der Waals surface area contributed by atoms with Gasteiger partial charge in [0, 0.05) is 0 Å². The zero-order valence-electron chi connectivity index (χ0n) is 7.05. The third-order valence-corrected chi connectivity index (χ3v) is 1.76. The van der Waals surface area contributed by atoms with Gasteiger partial charge in [-0.3, -0.25) is 4.79 Å². The average Bonchev–Trinajstić information content (AvgIpc) is 2.07. The van der Waals surface area contributed by atoms with E-state index in [1.807, 2.05) is 0 Å². The highest BCUT2D eigenvalue weighted by Crippen LogP contribution is 2.16. The van der Waals surface area contributed by atoms with Gasteiger partial charge in [0.15, 0.2) is 5.78 Å². The van der Waals surface area contributed by atoms with E-state index in [4.69, 9.17) is 11.6 Å². The molecule has 0 radical (unpaired) electrons. The fraction of sp³-hybridized carbons (Fsp3) is 0.100. The van der Waals surface area contributed by atoms with E-state index in [0.29, 0.717) is 5.56 Å². The first-order chi connectivity index (χ1) is 6.09. The number of rotatable bonds is 2. The van der Waals surface area contributed by atoms with Gasteiger partial charge >= 0.3 is 0 Å². The van der Waals surface area contributed by atoms with Crippen LogP contribution in [-0.4, -0.2) is 5.78 Å². The molecule has 1 nitrogen and oxygen atoms in total. The van der Waals surface area contributed by atoms with E-state index >= 15 is 0 Å². The summed E-state index contributed by atoms with van der Waals surface area (Å²) in [5, 5.41) is 0.0833. The molecule has 1 aromatic rings. The highest BCUT2D eigenvalue weighted by Gasteiger charge is 1.98. The molecule has 0 unspecified atom stereocenters. The van der Waals surface area contributed by atoms with Crippen LogP contribution in [0.5, 0.6) is 0 Å². The maximum absolute atomic E-state index is 12.9. The van der Waals surface area contributed by atoms with Crippen LogP contribution in [0, 0.1) is 5.82 Å². The molecule has 0 bridgehead atoms. The van der Waals surface area contributed by atoms with E-state index in [0.717, 1.165) is 0 Å². The van der Waals surface area contributed by atoms with Crippen LogP contribution in [0.25, 0.3) is 6.08 Å². The molecule has 0 aromatic heterocycles. The number of hydrogen-bond donors (Lipinski definition) is 0. The van der Waals surface area contributed by atoms with Crippen molar-refractivity contribution in [2.24, 2.45) is 0 Å². The first-order valence-electron chi connectivity index (χ1n) is 3.73. The lowest BCUT2D eigenvalue weighted by molar-refractivity contribution is -0.112. The Morgan fingerprint density at radius 2 is 2.23 bits per heavy atom. The standard InChI is InChI=1S/C10H8ClFO/c1-7(13)2-3-8-4-5-9(11)10(12)6-8/h2-6H,1H3. The molecule has 3 heteroatoms. The number of carbonyl (C=O) groups is 1. The third kappa shape index (κ3) is 2.99. The molecule has 0 fully saturated rings. The van der Waals surface area contributed by atoms with Crippen LogP contribution in [0.1, 0.15) is 12.5 Å². The van der Waals surface area contributed by atoms with Crippen LogP contribution in [-0.2, 0) is 4.79 Å². The lowest BCUT2D eigenvalue weighted by atomic mass is 10.2. The smallest absolute Gasteiger partial charge is 0.152 e. The topological polar surface area (TPSA) is 17.1 Å². The Morgan fingerprint density at radius 1 is 1.54 bits per heavy atom. The molecule has 0 spiro atoms. The molecule has 0 aliphatic heterocycles. The van der Waals surface area contributed by atoms with E-state index < -0.39 is 5.82 Å². The maximum Gasteiger partial charge on any atom is 0.152 e. The van der Waals surface area contributed by atoms with E-state index in [2.05, 4.69) is 0 Å². The lowest BCUT2D eigenvalue weighted by Gasteiger charge is -1.95. The van der Waals surface area contributed by atoms with Crippen molar-refractivity contribution in [2.45, 2.75) is 6.92 Å². The Labute approximate surface area is 80.8 Å². The molecule has 0 N–H and O–H groups in total. The lowest BCUT2D eigenvalue weighted by Crippen LogP contribution is -1.82. The summed E-state index contributed by atoms with van der Waals surface area (Å²) in [6, 6.07) is 4.38. The van der Waals surface area contributed by atoms with Gasteiger partial charge < -0.3 is 0 Å². The summed E-state index contributed by atoms with van der Waals surface area (Å²) in [6.07, 6.45) is 2.92. The molecule has 68 valence electrons. The summed E-state index contributed by atoms with van der Waals surface area (Å²) in [5.74, 6) is -0.553. The second-order valence-electron chi connectivity index (χ2n) is 2.62. The largest absolute Gasteiger partial charge is 0.295 e. The SMILES string of the molecule is CC(=O)C=Cc1ccc(Cl)c(F)c1. The third-order valence-electron chi connectivity index (χ3n) is 1.45. The zero-order valence-corrected chi connectivity index (χ0v) is 7.81. The van der Waals surface area contributed by atoms with Crippen molar-refractivity contribution in [3.8, 4) is 0 Å². The van der Waals surface area contributed by atoms with Crippen molar-refractivity contribution in [1.82, 2.24) is 0 Å². The Hall–Kier alpha value is -1.15. The van der Waals surface area contributed by atoms with Gasteiger partial charge in [-0.05, 0) is 30.7 Å². The molecule has 1 aromatic carbocycles. The summed E-state index contributed by atoms with van der Waals surface area (Å²) in [4.78, 5) is 10.6. The second kappa shape index (κ2) is 4.19. The normalized spacial score (nSPS) is 10.7. The molecule has 0 amide bonds. The van der Waals surface area contributed by atoms with Crippen molar-refractivity contribution in [1.29, 1.82) is 0 Å². The average molecular weight is 199 g/mol. The predicted octanol–water partition coefficient (Wildman–Crippen LogP) is 3.08. The monoisotopic (exact) mass is 198 g/mol. The fourth-order valence-electron chi connectivity index (χ4n) is 0.830. The van der Waals surface area contributed by atoms with Crippen LogP contribution in [0.4, 0.5) is 4.39 Å². The van der Waals surface area contributed by atoms with Crippen molar-refractivity contribution < 1.29 is 9.18 Å². The van der Waals surface area contributed by atoms with E-state index in [1.165, 1.54) is 25.1 Å². The zero-order chi connectivity index (χ0) is 9.84. The van der Waals surface area contributed by atoms with Gasteiger partial charge in [0.1, 0.15) is 5.82 Å². The van der Waals surface area contributed by atoms with E-state index in [-0.39, 0.29) is 10.8 Å². The number of ketones is 1. The van der Waals surface area contributed by atoms with Gasteiger partial charge in [0.2, 0.25) is 0 Å². The van der Waals surface area contributed by atoms with Crippen LogP contribution >= 0.6 is 11.6 Å². The van der Waals surface area contributed by atoms with Crippen LogP contribution in [0.15, 0.2) is 24.3 Å². The highest BCUT2D eigenvalue weighted by atomic mass is 35.5. The Bertz CT molecular complexity index is 358. The van der Waals surface area contributed by atoms with Crippen molar-refractivity contribution in [2.75, 3.05) is 0 Å². The number of halogens is 2. The van der Waals surface area contributed by atoms with Crippen LogP contribution in [0.3, 0.4) is 0 Å². The minimum atomic E-state index is -0.479. The van der Waals surface area contributed by atoms with Gasteiger partial charge in [0.25, 0.3) is 0 Å². The first-order valence-corrected chi connectivity index (χ1v) is 4.11. The Balaban J connectivity index is 2.92. The predicted molar refractivity (Wildman–Crippen MR) is 51.1 cm³/mol. The van der Waals surface area contributed by atoms with Crippen LogP contribution < -0.4 is 0 Å². The summed E-state index contributed by atoms with van der Waals surface area (Å²) < 4.78 is 12.9. The fourth-order valence-corrected chi connectivity index (χ4v) is 0.947.